The quantitative estimate of drug-likeness (QED) is 0.0527. The number of aromatic amines is 1. The molecule has 1 aromatic heterocycles. The number of fused-ring (bicyclic) bond motifs is 2. The van der Waals surface area contributed by atoms with Crippen LogP contribution in [0.5, 0.6) is 0 Å². The maximum Gasteiger partial charge on any atom is 0.245 e. The molecular weight excluding hydrogens is 861 g/mol. The van der Waals surface area contributed by atoms with Crippen LogP contribution in [-0.2, 0) is 46.4 Å². The third-order valence-electron chi connectivity index (χ3n) is 13.0. The van der Waals surface area contributed by atoms with Crippen LogP contribution in [0.25, 0.3) is 10.9 Å². The molecule has 0 spiro atoms. The Morgan fingerprint density at radius 3 is 2.36 bits per heavy atom. The lowest BCUT2D eigenvalue weighted by Gasteiger charge is -2.32. The van der Waals surface area contributed by atoms with Gasteiger partial charge in [-0.1, -0.05) is 80.6 Å². The van der Waals surface area contributed by atoms with Crippen molar-refractivity contribution in [3.8, 4) is 0 Å². The monoisotopic (exact) mass is 926 g/mol. The molecule has 18 heteroatoms. The number of nitrogens with one attached hydrogen (secondary N) is 6. The minimum absolute atomic E-state index is 0.0680. The highest BCUT2D eigenvalue weighted by Crippen LogP contribution is 2.29. The Morgan fingerprint density at radius 2 is 1.62 bits per heavy atom. The molecule has 2 saturated heterocycles. The molecular formula is C48H66N10O7S. The largest absolute Gasteiger partial charge is 0.370 e. The summed E-state index contributed by atoms with van der Waals surface area (Å²) in [5, 5.41) is 15.1. The number of aromatic nitrogens is 1. The number of ketones is 1. The maximum absolute atomic E-state index is 14.7. The van der Waals surface area contributed by atoms with E-state index in [9.17, 15) is 33.6 Å². The molecule has 1 saturated carbocycles. The number of amides is 6. The van der Waals surface area contributed by atoms with E-state index in [4.69, 9.17) is 24.1 Å². The lowest BCUT2D eigenvalue weighted by atomic mass is 9.84. The number of hydrogen-bond donors (Lipinski definition) is 9. The van der Waals surface area contributed by atoms with Gasteiger partial charge < -0.3 is 47.9 Å². The third kappa shape index (κ3) is 14.0. The summed E-state index contributed by atoms with van der Waals surface area (Å²) in [4.78, 5) is 108. The number of H-pyrrole nitrogens is 1. The number of guanidine groups is 1. The summed E-state index contributed by atoms with van der Waals surface area (Å²) in [6, 6.07) is 11.5. The van der Waals surface area contributed by atoms with Crippen molar-refractivity contribution >= 4 is 70.7 Å². The zero-order valence-corrected chi connectivity index (χ0v) is 38.7. The summed E-state index contributed by atoms with van der Waals surface area (Å²) < 4.78 is 0. The maximum atomic E-state index is 14.7. The summed E-state index contributed by atoms with van der Waals surface area (Å²) in [6.07, 6.45) is 8.22. The number of carbonyl (C=O) groups is 7. The van der Waals surface area contributed by atoms with Crippen LogP contribution in [0, 0.1) is 11.8 Å². The van der Waals surface area contributed by atoms with Crippen LogP contribution < -0.4 is 38.1 Å². The first-order chi connectivity index (χ1) is 31.7. The van der Waals surface area contributed by atoms with Gasteiger partial charge in [0.1, 0.15) is 24.2 Å². The van der Waals surface area contributed by atoms with Crippen molar-refractivity contribution in [2.75, 3.05) is 19.6 Å². The Balaban J connectivity index is 1.33. The van der Waals surface area contributed by atoms with E-state index in [1.54, 1.807) is 0 Å². The first-order valence-electron chi connectivity index (χ1n) is 23.4. The molecule has 3 aromatic rings. The number of nitrogens with zero attached hydrogens (tertiary/aromatic N) is 2. The van der Waals surface area contributed by atoms with Crippen LogP contribution in [0.2, 0.25) is 0 Å². The van der Waals surface area contributed by atoms with Crippen molar-refractivity contribution in [3.63, 3.8) is 0 Å². The first-order valence-corrected chi connectivity index (χ1v) is 23.9. The smallest absolute Gasteiger partial charge is 0.245 e. The third-order valence-corrected chi connectivity index (χ3v) is 13.4. The second-order valence-electron chi connectivity index (χ2n) is 18.1. The van der Waals surface area contributed by atoms with Crippen LogP contribution in [0.4, 0.5) is 0 Å². The zero-order chi connectivity index (χ0) is 47.2. The van der Waals surface area contributed by atoms with E-state index in [-0.39, 0.29) is 87.5 Å². The van der Waals surface area contributed by atoms with Crippen molar-refractivity contribution in [3.05, 3.63) is 71.9 Å². The fourth-order valence-corrected chi connectivity index (χ4v) is 9.93. The normalized spacial score (nSPS) is 24.5. The minimum atomic E-state index is -1.15. The topological polar surface area (TPSA) is 263 Å². The Morgan fingerprint density at radius 1 is 0.894 bits per heavy atom. The van der Waals surface area contributed by atoms with E-state index < -0.39 is 71.6 Å². The highest BCUT2D eigenvalue weighted by Gasteiger charge is 2.43. The summed E-state index contributed by atoms with van der Waals surface area (Å²) in [7, 11) is 0. The predicted octanol–water partition coefficient (Wildman–Crippen LogP) is 2.32. The molecule has 6 rings (SSSR count). The summed E-state index contributed by atoms with van der Waals surface area (Å²) in [5.41, 5.74) is 13.6. The van der Waals surface area contributed by atoms with Crippen LogP contribution in [-0.4, -0.2) is 112 Å². The van der Waals surface area contributed by atoms with E-state index in [2.05, 4.69) is 36.6 Å². The Hall–Kier alpha value is -5.91. The number of aliphatic imine (C=N–C) groups is 1. The van der Waals surface area contributed by atoms with Crippen molar-refractivity contribution in [1.29, 1.82) is 0 Å². The molecule has 66 heavy (non-hydrogen) atoms. The number of nitrogens with two attached hydrogens (primary N) is 2. The fraction of sp³-hybridized carbons (Fsp3) is 0.542. The van der Waals surface area contributed by atoms with Crippen LogP contribution >= 0.6 is 12.6 Å². The van der Waals surface area contributed by atoms with Gasteiger partial charge in [0, 0.05) is 74.1 Å². The van der Waals surface area contributed by atoms with Crippen molar-refractivity contribution in [1.82, 2.24) is 36.5 Å². The van der Waals surface area contributed by atoms with Crippen LogP contribution in [0.15, 0.2) is 65.8 Å². The molecule has 2 aromatic carbocycles. The molecule has 3 aliphatic rings. The molecule has 1 aliphatic carbocycles. The predicted molar refractivity (Wildman–Crippen MR) is 255 cm³/mol. The van der Waals surface area contributed by atoms with Gasteiger partial charge in [0.05, 0.1) is 6.04 Å². The van der Waals surface area contributed by atoms with Crippen molar-refractivity contribution < 1.29 is 33.6 Å². The van der Waals surface area contributed by atoms with Gasteiger partial charge in [-0.2, -0.15) is 12.6 Å². The number of Topliss-reactive ketones (excluding diaryl/α,β-unsaturated/α-hetero) is 1. The van der Waals surface area contributed by atoms with Gasteiger partial charge in [0.15, 0.2) is 11.7 Å². The van der Waals surface area contributed by atoms with E-state index in [1.165, 1.54) is 11.8 Å². The molecule has 3 fully saturated rings. The highest BCUT2D eigenvalue weighted by molar-refractivity contribution is 7.81. The first kappa shape index (κ1) is 49.5. The Kier molecular flexibility index (Phi) is 18.0. The SMILES string of the molecule is CC(=O)N[C@@H](Cc1ccccc1)C(=O)N[C@H]1CCCNC(=O)[C@H](CCCN=C(N)N)CC(=O)[C@H](Cc2c[nH]c3ccccc23)NC(=O)[C@@H](CC2CCCCC2)NC(=O)[C@@H]2C[C@H](S)CN2C1=O. The standard InChI is InChI=1S/C48H66N10O7S/c1-29(59)54-39(22-30-12-4-2-5-13-30)44(62)55-37-19-11-20-51-43(61)32(16-10-21-52-48(49)50)25-42(60)38(24-33-27-53-36-18-9-8-17-35(33)36)56-45(63)40(23-31-14-6-3-7-15-31)57-46(64)41-26-34(66)28-58(41)47(37)65/h2,4-5,8-9,12-13,17-18,27,31-32,34,37-41,53,66H,3,6-7,10-11,14-16,19-26,28H2,1H3,(H,51,61)(H,54,59)(H,55,62)(H,56,63)(H,57,64)(H4,49,50,52)/t32-,34+,37+,38+,39+,40-,41+/m1/s1. The molecule has 0 radical (unpaired) electrons. The van der Waals surface area contributed by atoms with E-state index in [0.29, 0.717) is 12.8 Å². The van der Waals surface area contributed by atoms with E-state index in [0.717, 1.165) is 54.1 Å². The number of carbonyl (C=O) groups excluding carboxylic acids is 7. The molecule has 356 valence electrons. The second kappa shape index (κ2) is 24.0. The number of benzene rings is 2. The molecule has 0 unspecified atom stereocenters. The Labute approximate surface area is 391 Å². The average Bonchev–Trinajstić information content (AvgIpc) is 3.90. The van der Waals surface area contributed by atoms with Crippen LogP contribution in [0.3, 0.4) is 0 Å². The molecule has 3 heterocycles. The highest BCUT2D eigenvalue weighted by atomic mass is 32.1. The second-order valence-corrected chi connectivity index (χ2v) is 18.8. The van der Waals surface area contributed by atoms with Gasteiger partial charge in [-0.3, -0.25) is 38.6 Å². The average molecular weight is 927 g/mol. The zero-order valence-electron chi connectivity index (χ0n) is 37.8. The summed E-state index contributed by atoms with van der Waals surface area (Å²) in [6.45, 7) is 1.73. The fourth-order valence-electron chi connectivity index (χ4n) is 9.55. The number of rotatable bonds is 13. The molecule has 6 amide bonds. The minimum Gasteiger partial charge on any atom is -0.370 e. The van der Waals surface area contributed by atoms with Gasteiger partial charge in [-0.15, -0.1) is 0 Å². The number of para-hydroxylation sites is 1. The van der Waals surface area contributed by atoms with Gasteiger partial charge in [-0.25, -0.2) is 0 Å². The Bertz CT molecular complexity index is 2210. The molecule has 17 nitrogen and oxygen atoms in total. The summed E-state index contributed by atoms with van der Waals surface area (Å²) in [5.74, 6) is -4.14. The molecule has 2 aliphatic heterocycles. The van der Waals surface area contributed by atoms with Gasteiger partial charge >= 0.3 is 0 Å². The van der Waals surface area contributed by atoms with Crippen molar-refractivity contribution in [2.45, 2.75) is 132 Å². The molecule has 7 atom stereocenters. The van der Waals surface area contributed by atoms with Crippen molar-refractivity contribution in [2.24, 2.45) is 28.3 Å². The van der Waals surface area contributed by atoms with Crippen LogP contribution in [0.1, 0.15) is 95.1 Å². The molecule has 10 N–H and O–H groups in total. The number of thiol groups is 1. The lowest BCUT2D eigenvalue weighted by molar-refractivity contribution is -0.142. The van der Waals surface area contributed by atoms with E-state index in [1.807, 2.05) is 60.8 Å². The lowest BCUT2D eigenvalue weighted by Crippen LogP contribution is -2.59. The van der Waals surface area contributed by atoms with Gasteiger partial charge in [0.25, 0.3) is 0 Å². The molecule has 0 bridgehead atoms. The summed E-state index contributed by atoms with van der Waals surface area (Å²) >= 11 is 4.71. The van der Waals surface area contributed by atoms with E-state index >= 15 is 0 Å². The van der Waals surface area contributed by atoms with Gasteiger partial charge in [-0.05, 0) is 61.6 Å². The van der Waals surface area contributed by atoms with Gasteiger partial charge in [0.2, 0.25) is 35.4 Å². The number of hydrogen-bond acceptors (Lipinski definition) is 9.